The van der Waals surface area contributed by atoms with Gasteiger partial charge in [0.1, 0.15) is 6.61 Å². The van der Waals surface area contributed by atoms with Gasteiger partial charge in [-0.05, 0) is 37.1 Å². The summed E-state index contributed by atoms with van der Waals surface area (Å²) in [4.78, 5) is 38.4. The SMILES string of the molecule is COCCCN1C(=O)c2ccc(C(=O)OCc3ccc(C)cc3)cc2C1=O. The van der Waals surface area contributed by atoms with Crippen molar-refractivity contribution in [3.63, 3.8) is 0 Å². The predicted octanol–water partition coefficient (Wildman–Crippen LogP) is 2.98. The van der Waals surface area contributed by atoms with Crippen molar-refractivity contribution in [2.75, 3.05) is 20.3 Å². The van der Waals surface area contributed by atoms with Gasteiger partial charge in [-0.15, -0.1) is 0 Å². The van der Waals surface area contributed by atoms with E-state index in [-0.39, 0.29) is 36.1 Å². The number of benzene rings is 2. The number of methoxy groups -OCH3 is 1. The molecule has 2 aromatic rings. The summed E-state index contributed by atoms with van der Waals surface area (Å²) in [6.45, 7) is 2.88. The fourth-order valence-corrected chi connectivity index (χ4v) is 2.90. The van der Waals surface area contributed by atoms with Crippen LogP contribution >= 0.6 is 0 Å². The van der Waals surface area contributed by atoms with E-state index < -0.39 is 5.97 Å². The standard InChI is InChI=1S/C21H21NO5/c1-14-4-6-15(7-5-14)13-27-21(25)16-8-9-17-18(12-16)20(24)22(19(17)23)10-3-11-26-2/h4-9,12H,3,10-11,13H2,1-2H3. The molecule has 2 aromatic carbocycles. The monoisotopic (exact) mass is 367 g/mol. The topological polar surface area (TPSA) is 72.9 Å². The number of rotatable bonds is 7. The normalized spacial score (nSPS) is 13.0. The molecule has 0 spiro atoms. The molecule has 0 saturated heterocycles. The lowest BCUT2D eigenvalue weighted by atomic mass is 10.1. The number of hydrogen-bond donors (Lipinski definition) is 0. The Morgan fingerprint density at radius 2 is 1.70 bits per heavy atom. The molecule has 0 N–H and O–H groups in total. The van der Waals surface area contributed by atoms with Gasteiger partial charge in [0, 0.05) is 20.3 Å². The lowest BCUT2D eigenvalue weighted by molar-refractivity contribution is 0.0472. The molecule has 0 fully saturated rings. The molecule has 0 bridgehead atoms. The highest BCUT2D eigenvalue weighted by atomic mass is 16.5. The molecule has 2 amide bonds. The van der Waals surface area contributed by atoms with Crippen molar-refractivity contribution < 1.29 is 23.9 Å². The van der Waals surface area contributed by atoms with Gasteiger partial charge in [0.2, 0.25) is 0 Å². The molecule has 0 atom stereocenters. The molecule has 0 radical (unpaired) electrons. The van der Waals surface area contributed by atoms with Crippen molar-refractivity contribution in [3.05, 3.63) is 70.3 Å². The van der Waals surface area contributed by atoms with Gasteiger partial charge in [-0.1, -0.05) is 29.8 Å². The highest BCUT2D eigenvalue weighted by molar-refractivity contribution is 6.21. The molecule has 0 aromatic heterocycles. The van der Waals surface area contributed by atoms with Crippen LogP contribution in [0.1, 0.15) is 48.6 Å². The number of aryl methyl sites for hydroxylation is 1. The van der Waals surface area contributed by atoms with Gasteiger partial charge < -0.3 is 9.47 Å². The Morgan fingerprint density at radius 3 is 2.41 bits per heavy atom. The highest BCUT2D eigenvalue weighted by Crippen LogP contribution is 2.24. The van der Waals surface area contributed by atoms with Gasteiger partial charge in [0.05, 0.1) is 16.7 Å². The third kappa shape index (κ3) is 4.06. The first-order valence-corrected chi connectivity index (χ1v) is 8.73. The molecule has 1 heterocycles. The molecule has 0 saturated carbocycles. The van der Waals surface area contributed by atoms with Gasteiger partial charge in [-0.3, -0.25) is 14.5 Å². The number of esters is 1. The van der Waals surface area contributed by atoms with Crippen LogP contribution < -0.4 is 0 Å². The number of nitrogens with zero attached hydrogens (tertiary/aromatic N) is 1. The quantitative estimate of drug-likeness (QED) is 0.427. The number of carbonyl (C=O) groups excluding carboxylic acids is 3. The molecule has 1 aliphatic heterocycles. The highest BCUT2D eigenvalue weighted by Gasteiger charge is 2.35. The Balaban J connectivity index is 1.69. The smallest absolute Gasteiger partial charge is 0.338 e. The van der Waals surface area contributed by atoms with Crippen LogP contribution in [0, 0.1) is 6.92 Å². The van der Waals surface area contributed by atoms with Crippen LogP contribution in [0.2, 0.25) is 0 Å². The van der Waals surface area contributed by atoms with Crippen LogP contribution in [-0.2, 0) is 16.1 Å². The van der Waals surface area contributed by atoms with Crippen LogP contribution in [0.5, 0.6) is 0 Å². The third-order valence-corrected chi connectivity index (χ3v) is 4.43. The van der Waals surface area contributed by atoms with Crippen molar-refractivity contribution >= 4 is 17.8 Å². The summed E-state index contributed by atoms with van der Waals surface area (Å²) in [5.41, 5.74) is 2.81. The Kier molecular flexibility index (Phi) is 5.66. The van der Waals surface area contributed by atoms with Crippen molar-refractivity contribution in [1.82, 2.24) is 4.90 Å². The molecular formula is C21H21NO5. The van der Waals surface area contributed by atoms with Crippen LogP contribution in [0.25, 0.3) is 0 Å². The van der Waals surface area contributed by atoms with Crippen molar-refractivity contribution in [2.24, 2.45) is 0 Å². The average molecular weight is 367 g/mol. The lowest BCUT2D eigenvalue weighted by Crippen LogP contribution is -2.31. The molecule has 0 aliphatic carbocycles. The molecular weight excluding hydrogens is 346 g/mol. The van der Waals surface area contributed by atoms with Gasteiger partial charge in [0.25, 0.3) is 11.8 Å². The molecule has 0 unspecified atom stereocenters. The first-order chi connectivity index (χ1) is 13.0. The summed E-state index contributed by atoms with van der Waals surface area (Å²) in [5, 5.41) is 0. The molecule has 3 rings (SSSR count). The minimum Gasteiger partial charge on any atom is -0.457 e. The van der Waals surface area contributed by atoms with E-state index >= 15 is 0 Å². The van der Waals surface area contributed by atoms with E-state index in [4.69, 9.17) is 9.47 Å². The summed E-state index contributed by atoms with van der Waals surface area (Å²) in [6.07, 6.45) is 0.563. The second-order valence-electron chi connectivity index (χ2n) is 6.43. The molecule has 6 heteroatoms. The second kappa shape index (κ2) is 8.14. The number of hydrogen-bond acceptors (Lipinski definition) is 5. The fraction of sp³-hybridized carbons (Fsp3) is 0.286. The fourth-order valence-electron chi connectivity index (χ4n) is 2.90. The van der Waals surface area contributed by atoms with E-state index in [1.165, 1.54) is 23.1 Å². The van der Waals surface area contributed by atoms with E-state index in [1.807, 2.05) is 31.2 Å². The Bertz CT molecular complexity index is 873. The van der Waals surface area contributed by atoms with Crippen molar-refractivity contribution in [2.45, 2.75) is 20.0 Å². The van der Waals surface area contributed by atoms with Crippen LogP contribution in [-0.4, -0.2) is 42.9 Å². The van der Waals surface area contributed by atoms with E-state index in [9.17, 15) is 14.4 Å². The third-order valence-electron chi connectivity index (χ3n) is 4.43. The zero-order chi connectivity index (χ0) is 19.4. The van der Waals surface area contributed by atoms with E-state index in [0.717, 1.165) is 11.1 Å². The van der Waals surface area contributed by atoms with Crippen LogP contribution in [0.4, 0.5) is 0 Å². The Hall–Kier alpha value is -2.99. The number of ether oxygens (including phenoxy) is 2. The number of amides is 2. The van der Waals surface area contributed by atoms with Gasteiger partial charge in [-0.2, -0.15) is 0 Å². The Labute approximate surface area is 157 Å². The predicted molar refractivity (Wildman–Crippen MR) is 98.6 cm³/mol. The molecule has 1 aliphatic rings. The summed E-state index contributed by atoms with van der Waals surface area (Å²) in [5.74, 6) is -1.26. The maximum Gasteiger partial charge on any atom is 0.338 e. The van der Waals surface area contributed by atoms with Gasteiger partial charge in [0.15, 0.2) is 0 Å². The zero-order valence-corrected chi connectivity index (χ0v) is 15.4. The number of fused-ring (bicyclic) bond motifs is 1. The van der Waals surface area contributed by atoms with Crippen LogP contribution in [0.3, 0.4) is 0 Å². The van der Waals surface area contributed by atoms with Crippen molar-refractivity contribution in [1.29, 1.82) is 0 Å². The van der Waals surface area contributed by atoms with Gasteiger partial charge >= 0.3 is 5.97 Å². The maximum absolute atomic E-state index is 12.5. The second-order valence-corrected chi connectivity index (χ2v) is 6.43. The first kappa shape index (κ1) is 18.8. The number of carbonyl (C=O) groups is 3. The zero-order valence-electron chi connectivity index (χ0n) is 15.4. The largest absolute Gasteiger partial charge is 0.457 e. The maximum atomic E-state index is 12.5. The first-order valence-electron chi connectivity index (χ1n) is 8.73. The lowest BCUT2D eigenvalue weighted by Gasteiger charge is -2.12. The summed E-state index contributed by atoms with van der Waals surface area (Å²) >= 11 is 0. The average Bonchev–Trinajstić information content (AvgIpc) is 2.92. The van der Waals surface area contributed by atoms with E-state index in [0.29, 0.717) is 18.6 Å². The van der Waals surface area contributed by atoms with Gasteiger partial charge in [-0.25, -0.2) is 4.79 Å². The van der Waals surface area contributed by atoms with Crippen LogP contribution in [0.15, 0.2) is 42.5 Å². The minimum atomic E-state index is -0.531. The number of imide groups is 1. The van der Waals surface area contributed by atoms with E-state index in [2.05, 4.69) is 0 Å². The molecule has 27 heavy (non-hydrogen) atoms. The van der Waals surface area contributed by atoms with E-state index in [1.54, 1.807) is 7.11 Å². The summed E-state index contributed by atoms with van der Waals surface area (Å²) in [6, 6.07) is 12.1. The molecule has 6 nitrogen and oxygen atoms in total. The molecule has 140 valence electrons. The Morgan fingerprint density at radius 1 is 1.00 bits per heavy atom. The van der Waals surface area contributed by atoms with Crippen molar-refractivity contribution in [3.8, 4) is 0 Å². The minimum absolute atomic E-state index is 0.145. The summed E-state index contributed by atoms with van der Waals surface area (Å²) < 4.78 is 10.3. The summed E-state index contributed by atoms with van der Waals surface area (Å²) in [7, 11) is 1.57.